The van der Waals surface area contributed by atoms with E-state index < -0.39 is 15.8 Å². The molecule has 0 aliphatic carbocycles. The van der Waals surface area contributed by atoms with Crippen molar-refractivity contribution in [2.24, 2.45) is 0 Å². The Hall–Kier alpha value is -1.89. The van der Waals surface area contributed by atoms with E-state index in [2.05, 4.69) is 5.32 Å². The van der Waals surface area contributed by atoms with Crippen molar-refractivity contribution in [2.45, 2.75) is 30.6 Å². The smallest absolute Gasteiger partial charge is 0.303 e. The van der Waals surface area contributed by atoms with Crippen LogP contribution in [0, 0.1) is 0 Å². The summed E-state index contributed by atoms with van der Waals surface area (Å²) in [4.78, 5) is 21.7. The summed E-state index contributed by atoms with van der Waals surface area (Å²) < 4.78 is 24.1. The van der Waals surface area contributed by atoms with E-state index in [9.17, 15) is 18.0 Å². The van der Waals surface area contributed by atoms with Crippen LogP contribution in [0.5, 0.6) is 0 Å². The van der Waals surface area contributed by atoms with Gasteiger partial charge in [-0.25, -0.2) is 8.42 Å². The maximum Gasteiger partial charge on any atom is 0.303 e. The van der Waals surface area contributed by atoms with Crippen LogP contribution in [0.3, 0.4) is 0 Å². The fourth-order valence-electron chi connectivity index (χ4n) is 1.78. The fraction of sp³-hybridized carbons (Fsp3) is 0.429. The third-order valence-corrected chi connectivity index (χ3v) is 4.82. The molecule has 116 valence electrons. The molecule has 0 radical (unpaired) electrons. The van der Waals surface area contributed by atoms with Gasteiger partial charge in [-0.2, -0.15) is 0 Å². The lowest BCUT2D eigenvalue weighted by Gasteiger charge is -2.05. The van der Waals surface area contributed by atoms with E-state index in [1.165, 1.54) is 19.2 Å². The van der Waals surface area contributed by atoms with E-state index in [4.69, 9.17) is 5.11 Å². The van der Waals surface area contributed by atoms with Crippen LogP contribution < -0.4 is 5.32 Å². The molecule has 1 amide bonds. The first-order valence-electron chi connectivity index (χ1n) is 6.59. The molecular weight excluding hydrogens is 294 g/mol. The number of hydrogen-bond acceptors (Lipinski definition) is 4. The summed E-state index contributed by atoms with van der Waals surface area (Å²) >= 11 is 0. The molecule has 1 aromatic rings. The first-order chi connectivity index (χ1) is 9.85. The molecule has 0 saturated carbocycles. The highest BCUT2D eigenvalue weighted by Crippen LogP contribution is 2.15. The number of amides is 1. The topological polar surface area (TPSA) is 101 Å². The third kappa shape index (κ3) is 5.95. The number of carboxylic acid groups (broad SMARTS) is 1. The summed E-state index contributed by atoms with van der Waals surface area (Å²) in [7, 11) is -1.90. The average molecular weight is 313 g/mol. The summed E-state index contributed by atoms with van der Waals surface area (Å²) in [6, 6.07) is 6.20. The minimum absolute atomic E-state index is 0.0121. The van der Waals surface area contributed by atoms with E-state index in [0.717, 1.165) is 5.56 Å². The van der Waals surface area contributed by atoms with Crippen LogP contribution in [0.4, 0.5) is 0 Å². The predicted molar refractivity (Wildman–Crippen MR) is 77.8 cm³/mol. The van der Waals surface area contributed by atoms with Crippen molar-refractivity contribution in [3.8, 4) is 0 Å². The molecule has 0 fully saturated rings. The SMILES string of the molecule is CNC(=O)CCCS(=O)(=O)c1ccc(CCC(=O)O)cc1. The molecule has 6 nitrogen and oxygen atoms in total. The van der Waals surface area contributed by atoms with Gasteiger partial charge in [0.05, 0.1) is 10.6 Å². The normalized spacial score (nSPS) is 11.1. The minimum Gasteiger partial charge on any atom is -0.481 e. The molecule has 1 rings (SSSR count). The quantitative estimate of drug-likeness (QED) is 0.746. The second-order valence-corrected chi connectivity index (χ2v) is 6.74. The molecule has 0 bridgehead atoms. The largest absolute Gasteiger partial charge is 0.481 e. The number of rotatable bonds is 8. The van der Waals surface area contributed by atoms with Gasteiger partial charge in [0.2, 0.25) is 5.91 Å². The number of carbonyl (C=O) groups is 2. The Kier molecular flexibility index (Phi) is 6.36. The van der Waals surface area contributed by atoms with Crippen LogP contribution in [0.25, 0.3) is 0 Å². The lowest BCUT2D eigenvalue weighted by atomic mass is 10.1. The Morgan fingerprint density at radius 2 is 1.76 bits per heavy atom. The molecule has 0 aliphatic rings. The van der Waals surface area contributed by atoms with E-state index in [1.807, 2.05) is 0 Å². The third-order valence-electron chi connectivity index (χ3n) is 3.01. The number of carboxylic acids is 1. The highest BCUT2D eigenvalue weighted by Gasteiger charge is 2.14. The molecular formula is C14H19NO5S. The Balaban J connectivity index is 2.62. The standard InChI is InChI=1S/C14H19NO5S/c1-15-13(16)3-2-10-21(19,20)12-7-4-11(5-8-12)6-9-14(17)18/h4-5,7-8H,2-3,6,9-10H2,1H3,(H,15,16)(H,17,18). The molecule has 1 aromatic carbocycles. The first-order valence-corrected chi connectivity index (χ1v) is 8.24. The summed E-state index contributed by atoms with van der Waals surface area (Å²) in [5.41, 5.74) is 0.779. The van der Waals surface area contributed by atoms with Gasteiger partial charge in [0.15, 0.2) is 9.84 Å². The lowest BCUT2D eigenvalue weighted by molar-refractivity contribution is -0.137. The molecule has 7 heteroatoms. The number of carbonyl (C=O) groups excluding carboxylic acids is 1. The van der Waals surface area contributed by atoms with Gasteiger partial charge in [-0.15, -0.1) is 0 Å². The van der Waals surface area contributed by atoms with Crippen molar-refractivity contribution in [1.29, 1.82) is 0 Å². The van der Waals surface area contributed by atoms with Gasteiger partial charge < -0.3 is 10.4 Å². The molecule has 21 heavy (non-hydrogen) atoms. The molecule has 0 heterocycles. The van der Waals surface area contributed by atoms with Gasteiger partial charge in [0, 0.05) is 19.9 Å². The van der Waals surface area contributed by atoms with Gasteiger partial charge in [0.25, 0.3) is 0 Å². The van der Waals surface area contributed by atoms with Crippen LogP contribution in [-0.4, -0.2) is 38.2 Å². The van der Waals surface area contributed by atoms with Crippen molar-refractivity contribution in [3.63, 3.8) is 0 Å². The zero-order chi connectivity index (χ0) is 15.9. The van der Waals surface area contributed by atoms with E-state index in [1.54, 1.807) is 12.1 Å². The zero-order valence-electron chi connectivity index (χ0n) is 11.8. The number of sulfone groups is 1. The fourth-order valence-corrected chi connectivity index (χ4v) is 3.09. The second kappa shape index (κ2) is 7.78. The maximum absolute atomic E-state index is 12.1. The molecule has 0 aliphatic heterocycles. The lowest BCUT2D eigenvalue weighted by Crippen LogP contribution is -2.18. The van der Waals surface area contributed by atoms with E-state index in [0.29, 0.717) is 6.42 Å². The summed E-state index contributed by atoms with van der Waals surface area (Å²) in [6.07, 6.45) is 0.819. The Morgan fingerprint density at radius 3 is 2.29 bits per heavy atom. The number of nitrogens with one attached hydrogen (secondary N) is 1. The van der Waals surface area contributed by atoms with Gasteiger partial charge in [0.1, 0.15) is 0 Å². The molecule has 0 atom stereocenters. The first kappa shape index (κ1) is 17.2. The van der Waals surface area contributed by atoms with Crippen molar-refractivity contribution in [3.05, 3.63) is 29.8 Å². The van der Waals surface area contributed by atoms with Crippen molar-refractivity contribution >= 4 is 21.7 Å². The van der Waals surface area contributed by atoms with E-state index in [-0.39, 0.29) is 35.8 Å². The predicted octanol–water partition coefficient (Wildman–Crippen LogP) is 1.00. The number of aryl methyl sites for hydroxylation is 1. The molecule has 0 saturated heterocycles. The van der Waals surface area contributed by atoms with Gasteiger partial charge in [-0.1, -0.05) is 12.1 Å². The minimum atomic E-state index is -3.41. The summed E-state index contributed by atoms with van der Waals surface area (Å²) in [6.45, 7) is 0. The number of benzene rings is 1. The van der Waals surface area contributed by atoms with Crippen LogP contribution in [0.2, 0.25) is 0 Å². The number of aliphatic carboxylic acids is 1. The summed E-state index contributed by atoms with van der Waals surface area (Å²) in [5, 5.41) is 11.0. The van der Waals surface area contributed by atoms with Crippen LogP contribution >= 0.6 is 0 Å². The monoisotopic (exact) mass is 313 g/mol. The van der Waals surface area contributed by atoms with Gasteiger partial charge in [-0.3, -0.25) is 9.59 Å². The Bertz CT molecular complexity index is 592. The Labute approximate surface area is 124 Å². The molecule has 0 spiro atoms. The zero-order valence-corrected chi connectivity index (χ0v) is 12.6. The summed E-state index contributed by atoms with van der Waals surface area (Å²) in [5.74, 6) is -1.16. The van der Waals surface area contributed by atoms with Crippen LogP contribution in [0.15, 0.2) is 29.2 Å². The average Bonchev–Trinajstić information content (AvgIpc) is 2.45. The van der Waals surface area contributed by atoms with Crippen molar-refractivity contribution in [1.82, 2.24) is 5.32 Å². The van der Waals surface area contributed by atoms with Crippen LogP contribution in [0.1, 0.15) is 24.8 Å². The highest BCUT2D eigenvalue weighted by atomic mass is 32.2. The molecule has 0 unspecified atom stereocenters. The van der Waals surface area contributed by atoms with Gasteiger partial charge >= 0.3 is 5.97 Å². The van der Waals surface area contributed by atoms with Crippen LogP contribution in [-0.2, 0) is 25.8 Å². The highest BCUT2D eigenvalue weighted by molar-refractivity contribution is 7.91. The second-order valence-electron chi connectivity index (χ2n) is 4.63. The van der Waals surface area contributed by atoms with E-state index >= 15 is 0 Å². The number of hydrogen-bond donors (Lipinski definition) is 2. The maximum atomic E-state index is 12.1. The van der Waals surface area contributed by atoms with Crippen molar-refractivity contribution < 1.29 is 23.1 Å². The Morgan fingerprint density at radius 1 is 1.14 bits per heavy atom. The molecule has 2 N–H and O–H groups in total. The van der Waals surface area contributed by atoms with Crippen molar-refractivity contribution in [2.75, 3.05) is 12.8 Å². The van der Waals surface area contributed by atoms with Gasteiger partial charge in [-0.05, 0) is 30.5 Å². The molecule has 0 aromatic heterocycles.